The zero-order valence-electron chi connectivity index (χ0n) is 13.3. The summed E-state index contributed by atoms with van der Waals surface area (Å²) in [5.41, 5.74) is 1.08. The van der Waals surface area contributed by atoms with E-state index in [4.69, 9.17) is 9.57 Å². The Balaban J connectivity index is 2.41. The zero-order chi connectivity index (χ0) is 16.4. The Morgan fingerprint density at radius 2 is 2.09 bits per heavy atom. The van der Waals surface area contributed by atoms with Crippen LogP contribution < -0.4 is 0 Å². The van der Waals surface area contributed by atoms with Crippen molar-refractivity contribution in [2.24, 2.45) is 5.92 Å². The van der Waals surface area contributed by atoms with Crippen molar-refractivity contribution in [2.75, 3.05) is 20.8 Å². The van der Waals surface area contributed by atoms with E-state index in [0.29, 0.717) is 26.1 Å². The van der Waals surface area contributed by atoms with Crippen LogP contribution in [0.4, 0.5) is 0 Å². The molecule has 0 radical (unpaired) electrons. The van der Waals surface area contributed by atoms with Gasteiger partial charge >= 0.3 is 0 Å². The molecule has 1 aromatic rings. The molecule has 0 aliphatic heterocycles. The third-order valence-corrected chi connectivity index (χ3v) is 3.46. The lowest BCUT2D eigenvalue weighted by Crippen LogP contribution is -2.38. The maximum atomic E-state index is 12.1. The largest absolute Gasteiger partial charge is 0.392 e. The summed E-state index contributed by atoms with van der Waals surface area (Å²) in [7, 11) is 2.94. The van der Waals surface area contributed by atoms with Gasteiger partial charge in [0.2, 0.25) is 0 Å². The average Bonchev–Trinajstić information content (AvgIpc) is 2.56. The minimum atomic E-state index is -0.793. The van der Waals surface area contributed by atoms with E-state index in [2.05, 4.69) is 6.58 Å². The first-order chi connectivity index (χ1) is 10.6. The third-order valence-electron chi connectivity index (χ3n) is 3.46. The Bertz CT molecular complexity index is 449. The summed E-state index contributed by atoms with van der Waals surface area (Å²) in [5.74, 6) is -0.833. The lowest BCUT2D eigenvalue weighted by molar-refractivity contribution is -0.177. The summed E-state index contributed by atoms with van der Waals surface area (Å²) in [6.45, 7) is 4.51. The number of nitrogens with zero attached hydrogens (tertiary/aromatic N) is 1. The van der Waals surface area contributed by atoms with E-state index >= 15 is 0 Å². The number of aliphatic hydroxyl groups excluding tert-OH is 1. The van der Waals surface area contributed by atoms with Gasteiger partial charge in [0, 0.05) is 13.7 Å². The van der Waals surface area contributed by atoms with Gasteiger partial charge in [-0.2, -0.15) is 0 Å². The van der Waals surface area contributed by atoms with E-state index in [-0.39, 0.29) is 5.91 Å². The van der Waals surface area contributed by atoms with Gasteiger partial charge in [0.25, 0.3) is 5.91 Å². The Morgan fingerprint density at radius 3 is 2.68 bits per heavy atom. The van der Waals surface area contributed by atoms with Crippen LogP contribution in [0.5, 0.6) is 0 Å². The number of aliphatic hydroxyl groups is 1. The van der Waals surface area contributed by atoms with Crippen LogP contribution in [0.2, 0.25) is 0 Å². The minimum Gasteiger partial charge on any atom is -0.392 e. The van der Waals surface area contributed by atoms with Crippen molar-refractivity contribution in [3.63, 3.8) is 0 Å². The normalized spacial score (nSPS) is 13.4. The number of carbonyl (C=O) groups excluding carboxylic acids is 1. The van der Waals surface area contributed by atoms with Gasteiger partial charge in [-0.05, 0) is 18.4 Å². The van der Waals surface area contributed by atoms with Crippen LogP contribution in [-0.2, 0) is 21.0 Å². The van der Waals surface area contributed by atoms with Gasteiger partial charge in [0.05, 0.1) is 25.7 Å². The predicted octanol–water partition coefficient (Wildman–Crippen LogP) is 2.17. The van der Waals surface area contributed by atoms with Gasteiger partial charge in [0.15, 0.2) is 0 Å². The summed E-state index contributed by atoms with van der Waals surface area (Å²) in [6, 6.07) is 9.81. The summed E-state index contributed by atoms with van der Waals surface area (Å²) in [4.78, 5) is 17.0. The van der Waals surface area contributed by atoms with Gasteiger partial charge in [-0.1, -0.05) is 36.4 Å². The van der Waals surface area contributed by atoms with Crippen LogP contribution in [0, 0.1) is 5.92 Å². The molecule has 0 bridgehead atoms. The highest BCUT2D eigenvalue weighted by molar-refractivity contribution is 5.78. The number of benzene rings is 1. The van der Waals surface area contributed by atoms with E-state index < -0.39 is 12.0 Å². The SMILES string of the molecule is C=CC[C@H](C(=O)N(C)OC)[C@H](O)CCOCc1ccccc1. The van der Waals surface area contributed by atoms with Gasteiger partial charge in [0.1, 0.15) is 0 Å². The number of allylic oxidation sites excluding steroid dienone is 1. The van der Waals surface area contributed by atoms with Crippen molar-refractivity contribution in [3.05, 3.63) is 48.6 Å². The molecule has 1 amide bonds. The third kappa shape index (κ3) is 5.97. The highest BCUT2D eigenvalue weighted by atomic mass is 16.7. The molecule has 0 fully saturated rings. The molecule has 1 rings (SSSR count). The van der Waals surface area contributed by atoms with E-state index in [1.807, 2.05) is 30.3 Å². The highest BCUT2D eigenvalue weighted by Crippen LogP contribution is 2.16. The van der Waals surface area contributed by atoms with Crippen molar-refractivity contribution in [3.8, 4) is 0 Å². The number of carbonyl (C=O) groups is 1. The molecule has 5 nitrogen and oxygen atoms in total. The fourth-order valence-corrected chi connectivity index (χ4v) is 2.10. The van der Waals surface area contributed by atoms with Crippen molar-refractivity contribution < 1.29 is 19.5 Å². The van der Waals surface area contributed by atoms with Crippen molar-refractivity contribution in [1.29, 1.82) is 0 Å². The molecule has 5 heteroatoms. The Hall–Kier alpha value is -1.69. The fraction of sp³-hybridized carbons (Fsp3) is 0.471. The molecular weight excluding hydrogens is 282 g/mol. The topological polar surface area (TPSA) is 59.0 Å². The molecule has 0 aliphatic carbocycles. The van der Waals surface area contributed by atoms with Gasteiger partial charge in [-0.3, -0.25) is 9.63 Å². The van der Waals surface area contributed by atoms with Gasteiger partial charge < -0.3 is 9.84 Å². The highest BCUT2D eigenvalue weighted by Gasteiger charge is 2.28. The van der Waals surface area contributed by atoms with Gasteiger partial charge in [-0.25, -0.2) is 5.06 Å². The molecule has 0 unspecified atom stereocenters. The average molecular weight is 307 g/mol. The summed E-state index contributed by atoms with van der Waals surface area (Å²) >= 11 is 0. The van der Waals surface area contributed by atoms with Gasteiger partial charge in [-0.15, -0.1) is 6.58 Å². The summed E-state index contributed by atoms with van der Waals surface area (Å²) < 4.78 is 5.54. The molecule has 2 atom stereocenters. The van der Waals surface area contributed by atoms with Crippen molar-refractivity contribution >= 4 is 5.91 Å². The van der Waals surface area contributed by atoms with E-state index in [0.717, 1.165) is 10.6 Å². The van der Waals surface area contributed by atoms with Crippen LogP contribution >= 0.6 is 0 Å². The van der Waals surface area contributed by atoms with Crippen LogP contribution in [0.15, 0.2) is 43.0 Å². The van der Waals surface area contributed by atoms with Crippen LogP contribution in [0.25, 0.3) is 0 Å². The molecule has 0 aliphatic rings. The van der Waals surface area contributed by atoms with Crippen LogP contribution in [0.1, 0.15) is 18.4 Å². The molecule has 0 spiro atoms. The predicted molar refractivity (Wildman–Crippen MR) is 84.8 cm³/mol. The number of hydrogen-bond donors (Lipinski definition) is 1. The van der Waals surface area contributed by atoms with Crippen LogP contribution in [-0.4, -0.2) is 42.9 Å². The van der Waals surface area contributed by atoms with E-state index in [1.165, 1.54) is 14.2 Å². The molecule has 0 heterocycles. The minimum absolute atomic E-state index is 0.266. The molecular formula is C17H25NO4. The maximum Gasteiger partial charge on any atom is 0.251 e. The molecule has 1 N–H and O–H groups in total. The summed E-state index contributed by atoms with van der Waals surface area (Å²) in [6.07, 6.45) is 1.61. The molecule has 0 saturated heterocycles. The molecule has 1 aromatic carbocycles. The standard InChI is InChI=1S/C17H25NO4/c1-4-8-15(17(20)18(2)21-3)16(19)11-12-22-13-14-9-6-5-7-10-14/h4-7,9-10,15-16,19H,1,8,11-13H2,2-3H3/t15-,16+/m0/s1. The van der Waals surface area contributed by atoms with Crippen molar-refractivity contribution in [2.45, 2.75) is 25.6 Å². The first kappa shape index (κ1) is 18.4. The number of hydroxylamine groups is 2. The summed E-state index contributed by atoms with van der Waals surface area (Å²) in [5, 5.41) is 11.3. The van der Waals surface area contributed by atoms with E-state index in [1.54, 1.807) is 6.08 Å². The Labute approximate surface area is 132 Å². The quantitative estimate of drug-likeness (QED) is 0.409. The lowest BCUT2D eigenvalue weighted by Gasteiger charge is -2.24. The zero-order valence-corrected chi connectivity index (χ0v) is 13.3. The number of amides is 1. The second-order valence-electron chi connectivity index (χ2n) is 5.04. The first-order valence-corrected chi connectivity index (χ1v) is 7.32. The van der Waals surface area contributed by atoms with Crippen molar-refractivity contribution in [1.82, 2.24) is 5.06 Å². The lowest BCUT2D eigenvalue weighted by atomic mass is 9.95. The monoisotopic (exact) mass is 307 g/mol. The Morgan fingerprint density at radius 1 is 1.41 bits per heavy atom. The second-order valence-corrected chi connectivity index (χ2v) is 5.04. The smallest absolute Gasteiger partial charge is 0.251 e. The maximum absolute atomic E-state index is 12.1. The number of hydrogen-bond acceptors (Lipinski definition) is 4. The molecule has 0 aromatic heterocycles. The Kier molecular flexibility index (Phi) is 8.43. The first-order valence-electron chi connectivity index (χ1n) is 7.32. The molecule has 22 heavy (non-hydrogen) atoms. The fourth-order valence-electron chi connectivity index (χ4n) is 2.10. The molecule has 122 valence electrons. The number of rotatable bonds is 10. The van der Waals surface area contributed by atoms with E-state index in [9.17, 15) is 9.90 Å². The second kappa shape index (κ2) is 10.1. The van der Waals surface area contributed by atoms with Crippen LogP contribution in [0.3, 0.4) is 0 Å². The molecule has 0 saturated carbocycles. The number of ether oxygens (including phenoxy) is 1.